The molecule has 0 unspecified atom stereocenters. The fourth-order valence-corrected chi connectivity index (χ4v) is 4.79. The molecule has 0 bridgehead atoms. The molecule has 1 saturated carbocycles. The molecule has 1 heterocycles. The number of benzene rings is 2. The number of aromatic nitrogens is 2. The first-order valence-corrected chi connectivity index (χ1v) is 11.5. The highest BCUT2D eigenvalue weighted by Gasteiger charge is 2.35. The Labute approximate surface area is 190 Å². The Kier molecular flexibility index (Phi) is 6.47. The molecule has 7 nitrogen and oxygen atoms in total. The van der Waals surface area contributed by atoms with E-state index in [0.29, 0.717) is 35.4 Å². The van der Waals surface area contributed by atoms with Gasteiger partial charge in [0.25, 0.3) is 5.56 Å². The second kappa shape index (κ2) is 9.45. The number of carbonyl (C=O) groups is 1. The molecule has 32 heavy (non-hydrogen) atoms. The standard InChI is InChI=1S/C24H24N4O3S/c1-31-18-10-8-17(9-11-18)14-28-22(30)19-6-2-3-7-20(19)26-23(28)32-15-21(29)27-24(16-25)12-4-5-13-24/h2-3,6-11H,4-5,12-15H2,1H3,(H,27,29). The fraction of sp³-hybridized carbons (Fsp3) is 0.333. The zero-order chi connectivity index (χ0) is 22.6. The van der Waals surface area contributed by atoms with Gasteiger partial charge in [-0.2, -0.15) is 5.26 Å². The molecule has 3 aromatic rings. The topological polar surface area (TPSA) is 97.0 Å². The normalized spacial score (nSPS) is 14.8. The molecule has 4 rings (SSSR count). The third-order valence-corrected chi connectivity index (χ3v) is 6.68. The number of nitriles is 1. The third kappa shape index (κ3) is 4.63. The molecule has 2 aromatic carbocycles. The average Bonchev–Trinajstić information content (AvgIpc) is 3.29. The lowest BCUT2D eigenvalue weighted by Crippen LogP contribution is -2.45. The van der Waals surface area contributed by atoms with Crippen molar-refractivity contribution in [2.45, 2.75) is 42.9 Å². The van der Waals surface area contributed by atoms with Crippen LogP contribution in [0.4, 0.5) is 0 Å². The summed E-state index contributed by atoms with van der Waals surface area (Å²) in [6.07, 6.45) is 3.23. The zero-order valence-electron chi connectivity index (χ0n) is 17.8. The van der Waals surface area contributed by atoms with Gasteiger partial charge in [-0.3, -0.25) is 14.2 Å². The van der Waals surface area contributed by atoms with Crippen LogP contribution in [-0.2, 0) is 11.3 Å². The van der Waals surface area contributed by atoms with E-state index in [9.17, 15) is 14.9 Å². The zero-order valence-corrected chi connectivity index (χ0v) is 18.7. The number of hydrogen-bond acceptors (Lipinski definition) is 6. The Balaban J connectivity index is 1.60. The number of ether oxygens (including phenoxy) is 1. The molecule has 0 radical (unpaired) electrons. The van der Waals surface area contributed by atoms with Crippen LogP contribution in [0.5, 0.6) is 5.75 Å². The van der Waals surface area contributed by atoms with Crippen LogP contribution in [0.15, 0.2) is 58.5 Å². The molecule has 0 aliphatic heterocycles. The minimum atomic E-state index is -0.767. The predicted octanol–water partition coefficient (Wildman–Crippen LogP) is 3.50. The summed E-state index contributed by atoms with van der Waals surface area (Å²) in [6.45, 7) is 0.326. The molecular weight excluding hydrogens is 424 g/mol. The van der Waals surface area contributed by atoms with Crippen molar-refractivity contribution in [1.29, 1.82) is 5.26 Å². The van der Waals surface area contributed by atoms with Crippen molar-refractivity contribution < 1.29 is 9.53 Å². The SMILES string of the molecule is COc1ccc(Cn2c(SCC(=O)NC3(C#N)CCCC3)nc3ccccc3c2=O)cc1. The summed E-state index contributed by atoms with van der Waals surface area (Å²) in [6, 6.07) is 17.0. The van der Waals surface area contributed by atoms with E-state index in [-0.39, 0.29) is 17.2 Å². The van der Waals surface area contributed by atoms with Crippen LogP contribution in [0.25, 0.3) is 10.9 Å². The number of rotatable bonds is 7. The molecule has 1 N–H and O–H groups in total. The van der Waals surface area contributed by atoms with Gasteiger partial charge in [0.15, 0.2) is 5.16 Å². The molecule has 164 valence electrons. The molecule has 1 aliphatic rings. The lowest BCUT2D eigenvalue weighted by molar-refractivity contribution is -0.119. The van der Waals surface area contributed by atoms with Crippen LogP contribution in [0, 0.1) is 11.3 Å². The van der Waals surface area contributed by atoms with Crippen LogP contribution in [0.2, 0.25) is 0 Å². The Hall–Kier alpha value is -3.31. The number of carbonyl (C=O) groups excluding carboxylic acids is 1. The monoisotopic (exact) mass is 448 g/mol. The lowest BCUT2D eigenvalue weighted by Gasteiger charge is -2.22. The minimum absolute atomic E-state index is 0.0802. The molecule has 0 saturated heterocycles. The van der Waals surface area contributed by atoms with Crippen LogP contribution in [-0.4, -0.2) is 33.9 Å². The summed E-state index contributed by atoms with van der Waals surface area (Å²) in [5, 5.41) is 13.4. The van der Waals surface area contributed by atoms with Crippen molar-refractivity contribution in [1.82, 2.24) is 14.9 Å². The molecule has 0 atom stereocenters. The number of amides is 1. The van der Waals surface area contributed by atoms with Crippen molar-refractivity contribution in [3.63, 3.8) is 0 Å². The van der Waals surface area contributed by atoms with Gasteiger partial charge in [0, 0.05) is 0 Å². The van der Waals surface area contributed by atoms with Crippen molar-refractivity contribution in [2.75, 3.05) is 12.9 Å². The predicted molar refractivity (Wildman–Crippen MR) is 124 cm³/mol. The maximum atomic E-state index is 13.2. The van der Waals surface area contributed by atoms with Crippen molar-refractivity contribution >= 4 is 28.6 Å². The van der Waals surface area contributed by atoms with E-state index in [4.69, 9.17) is 4.74 Å². The summed E-state index contributed by atoms with van der Waals surface area (Å²) >= 11 is 1.21. The molecule has 1 aromatic heterocycles. The number of hydrogen-bond donors (Lipinski definition) is 1. The third-order valence-electron chi connectivity index (χ3n) is 5.71. The fourth-order valence-electron chi connectivity index (χ4n) is 3.99. The second-order valence-electron chi connectivity index (χ2n) is 7.89. The summed E-state index contributed by atoms with van der Waals surface area (Å²) < 4.78 is 6.80. The van der Waals surface area contributed by atoms with Gasteiger partial charge in [0.2, 0.25) is 5.91 Å². The van der Waals surface area contributed by atoms with Crippen LogP contribution in [0.3, 0.4) is 0 Å². The summed E-state index contributed by atoms with van der Waals surface area (Å²) in [4.78, 5) is 30.5. The second-order valence-corrected chi connectivity index (χ2v) is 8.83. The van der Waals surface area contributed by atoms with Crippen molar-refractivity contribution in [3.8, 4) is 11.8 Å². The Morgan fingerprint density at radius 3 is 2.62 bits per heavy atom. The number of para-hydroxylation sites is 1. The van der Waals surface area contributed by atoms with Gasteiger partial charge < -0.3 is 10.1 Å². The average molecular weight is 449 g/mol. The molecule has 8 heteroatoms. The number of nitrogens with one attached hydrogen (secondary N) is 1. The van der Waals surface area contributed by atoms with Gasteiger partial charge in [-0.25, -0.2) is 4.98 Å². The molecule has 1 aliphatic carbocycles. The van der Waals surface area contributed by atoms with Gasteiger partial charge in [-0.1, -0.05) is 36.0 Å². The van der Waals surface area contributed by atoms with Crippen LogP contribution >= 0.6 is 11.8 Å². The highest BCUT2D eigenvalue weighted by atomic mass is 32.2. The van der Waals surface area contributed by atoms with Crippen molar-refractivity contribution in [3.05, 3.63) is 64.4 Å². The summed E-state index contributed by atoms with van der Waals surface area (Å²) in [7, 11) is 1.61. The van der Waals surface area contributed by atoms with E-state index in [1.165, 1.54) is 11.8 Å². The van der Waals surface area contributed by atoms with E-state index >= 15 is 0 Å². The first-order chi connectivity index (χ1) is 15.5. The van der Waals surface area contributed by atoms with E-state index in [0.717, 1.165) is 24.2 Å². The quantitative estimate of drug-likeness (QED) is 0.439. The van der Waals surface area contributed by atoms with Gasteiger partial charge in [-0.15, -0.1) is 0 Å². The van der Waals surface area contributed by atoms with Gasteiger partial charge in [0.1, 0.15) is 11.3 Å². The Morgan fingerprint density at radius 1 is 1.22 bits per heavy atom. The number of fused-ring (bicyclic) bond motifs is 1. The van der Waals surface area contributed by atoms with Crippen LogP contribution in [0.1, 0.15) is 31.2 Å². The maximum absolute atomic E-state index is 13.2. The number of thioether (sulfide) groups is 1. The Morgan fingerprint density at radius 2 is 1.94 bits per heavy atom. The molecular formula is C24H24N4O3S. The van der Waals surface area contributed by atoms with E-state index < -0.39 is 5.54 Å². The van der Waals surface area contributed by atoms with Gasteiger partial charge in [-0.05, 0) is 55.5 Å². The van der Waals surface area contributed by atoms with E-state index in [1.54, 1.807) is 23.8 Å². The van der Waals surface area contributed by atoms with Crippen molar-refractivity contribution in [2.24, 2.45) is 0 Å². The largest absolute Gasteiger partial charge is 0.497 e. The van der Waals surface area contributed by atoms with Gasteiger partial charge >= 0.3 is 0 Å². The summed E-state index contributed by atoms with van der Waals surface area (Å²) in [5.74, 6) is 0.593. The molecule has 1 fully saturated rings. The maximum Gasteiger partial charge on any atom is 0.262 e. The smallest absolute Gasteiger partial charge is 0.262 e. The minimum Gasteiger partial charge on any atom is -0.497 e. The highest BCUT2D eigenvalue weighted by molar-refractivity contribution is 7.99. The molecule has 1 amide bonds. The van der Waals surface area contributed by atoms with E-state index in [2.05, 4.69) is 16.4 Å². The van der Waals surface area contributed by atoms with Crippen LogP contribution < -0.4 is 15.6 Å². The van der Waals surface area contributed by atoms with Gasteiger partial charge in [0.05, 0.1) is 36.4 Å². The summed E-state index contributed by atoms with van der Waals surface area (Å²) in [5.41, 5.74) is 0.594. The van der Waals surface area contributed by atoms with E-state index in [1.807, 2.05) is 36.4 Å². The highest BCUT2D eigenvalue weighted by Crippen LogP contribution is 2.29. The molecule has 0 spiro atoms. The first kappa shape index (κ1) is 21.9. The Bertz CT molecular complexity index is 1220. The first-order valence-electron chi connectivity index (χ1n) is 10.5. The lowest BCUT2D eigenvalue weighted by atomic mass is 10.0. The number of nitrogens with zero attached hydrogens (tertiary/aromatic N) is 3. The number of methoxy groups -OCH3 is 1.